The van der Waals surface area contributed by atoms with Crippen molar-refractivity contribution in [3.63, 3.8) is 0 Å². The predicted molar refractivity (Wildman–Crippen MR) is 110 cm³/mol. The Morgan fingerprint density at radius 3 is 2.70 bits per heavy atom. The summed E-state index contributed by atoms with van der Waals surface area (Å²) in [7, 11) is 0. The first-order chi connectivity index (χ1) is 14.3. The van der Waals surface area contributed by atoms with E-state index in [0.29, 0.717) is 18.5 Å². The van der Waals surface area contributed by atoms with Crippen LogP contribution in [-0.4, -0.2) is 35.3 Å². The molecule has 0 aromatic carbocycles. The van der Waals surface area contributed by atoms with Gasteiger partial charge in [-0.25, -0.2) is 14.8 Å². The number of aromatic nitrogens is 2. The van der Waals surface area contributed by atoms with Crippen molar-refractivity contribution in [3.05, 3.63) is 51.3 Å². The molecule has 2 N–H and O–H groups in total. The molecule has 0 unspecified atom stereocenters. The lowest BCUT2D eigenvalue weighted by Crippen LogP contribution is -2.36. The number of carbonyl (C=O) groups excluding carboxylic acids is 1. The first-order valence-corrected chi connectivity index (χ1v) is 10.7. The molecular formula is C19H19F3N4O2S2. The zero-order valence-corrected chi connectivity index (χ0v) is 17.6. The highest BCUT2D eigenvalue weighted by molar-refractivity contribution is 7.16. The van der Waals surface area contributed by atoms with Crippen molar-refractivity contribution in [3.8, 4) is 16.5 Å². The maximum atomic E-state index is 12.1. The summed E-state index contributed by atoms with van der Waals surface area (Å²) in [5.74, 6) is -0.122. The van der Waals surface area contributed by atoms with Crippen LogP contribution in [0.25, 0.3) is 10.6 Å². The minimum absolute atomic E-state index is 0.122. The van der Waals surface area contributed by atoms with Crippen LogP contribution < -0.4 is 15.4 Å². The fourth-order valence-corrected chi connectivity index (χ4v) is 4.08. The van der Waals surface area contributed by atoms with Gasteiger partial charge in [0.25, 0.3) is 0 Å². The van der Waals surface area contributed by atoms with Crippen molar-refractivity contribution >= 4 is 28.7 Å². The number of pyridine rings is 1. The van der Waals surface area contributed by atoms with Gasteiger partial charge in [0.05, 0.1) is 15.6 Å². The number of hydrogen-bond donors (Lipinski definition) is 2. The summed E-state index contributed by atoms with van der Waals surface area (Å²) < 4.78 is 40.9. The SMILES string of the molecule is Cc1nc(-c2ccc(CCNC(=O)NCc3ccc(OCC(F)(F)F)nc3)s2)cs1. The second-order valence-corrected chi connectivity index (χ2v) is 8.52. The zero-order valence-electron chi connectivity index (χ0n) is 16.0. The van der Waals surface area contributed by atoms with Gasteiger partial charge in [-0.15, -0.1) is 22.7 Å². The van der Waals surface area contributed by atoms with Crippen LogP contribution in [0.3, 0.4) is 0 Å². The third-order valence-corrected chi connectivity index (χ3v) is 5.77. The molecule has 2 amide bonds. The maximum Gasteiger partial charge on any atom is 0.422 e. The molecule has 3 rings (SSSR count). The summed E-state index contributed by atoms with van der Waals surface area (Å²) in [5.41, 5.74) is 1.62. The summed E-state index contributed by atoms with van der Waals surface area (Å²) in [6, 6.07) is 6.61. The van der Waals surface area contributed by atoms with Crippen LogP contribution in [0.15, 0.2) is 35.8 Å². The number of hydrogen-bond acceptors (Lipinski definition) is 6. The first kappa shape index (κ1) is 22.0. The number of thiazole rings is 1. The molecule has 0 aliphatic carbocycles. The molecule has 160 valence electrons. The van der Waals surface area contributed by atoms with E-state index in [-0.39, 0.29) is 18.5 Å². The van der Waals surface area contributed by atoms with Gasteiger partial charge < -0.3 is 15.4 Å². The van der Waals surface area contributed by atoms with E-state index in [9.17, 15) is 18.0 Å². The summed E-state index contributed by atoms with van der Waals surface area (Å²) >= 11 is 3.26. The normalized spacial score (nSPS) is 11.3. The van der Waals surface area contributed by atoms with E-state index >= 15 is 0 Å². The second kappa shape index (κ2) is 9.90. The molecule has 0 fully saturated rings. The Kier molecular flexibility index (Phi) is 7.27. The Morgan fingerprint density at radius 1 is 1.20 bits per heavy atom. The van der Waals surface area contributed by atoms with Gasteiger partial charge in [-0.05, 0) is 31.0 Å². The lowest BCUT2D eigenvalue weighted by Gasteiger charge is -2.09. The lowest BCUT2D eigenvalue weighted by atomic mass is 10.3. The Bertz CT molecular complexity index is 971. The van der Waals surface area contributed by atoms with Gasteiger partial charge in [0.2, 0.25) is 5.88 Å². The Labute approximate surface area is 179 Å². The van der Waals surface area contributed by atoms with Gasteiger partial charge in [-0.2, -0.15) is 13.2 Å². The molecule has 0 atom stereocenters. The summed E-state index contributed by atoms with van der Waals surface area (Å²) in [6.07, 6.45) is -2.35. The monoisotopic (exact) mass is 456 g/mol. The van der Waals surface area contributed by atoms with Gasteiger partial charge in [-0.1, -0.05) is 6.07 Å². The second-order valence-electron chi connectivity index (χ2n) is 6.29. The van der Waals surface area contributed by atoms with Crippen LogP contribution in [0.1, 0.15) is 15.4 Å². The number of rotatable bonds is 8. The summed E-state index contributed by atoms with van der Waals surface area (Å²) in [6.45, 7) is 1.25. The highest BCUT2D eigenvalue weighted by Crippen LogP contribution is 2.29. The maximum absolute atomic E-state index is 12.1. The van der Waals surface area contributed by atoms with Gasteiger partial charge in [-0.3, -0.25) is 0 Å². The standard InChI is InChI=1S/C19H19F3N4O2S2/c1-12-26-15(10-29-12)16-4-3-14(30-16)6-7-23-18(27)25-9-13-2-5-17(24-8-13)28-11-19(20,21)22/h2-5,8,10H,6-7,9,11H2,1H3,(H2,23,25,27). The topological polar surface area (TPSA) is 76.1 Å². The molecule has 0 saturated carbocycles. The van der Waals surface area contributed by atoms with Crippen molar-refractivity contribution in [2.24, 2.45) is 0 Å². The molecule has 0 saturated heterocycles. The zero-order chi connectivity index (χ0) is 21.6. The minimum atomic E-state index is -4.41. The number of urea groups is 1. The third-order valence-electron chi connectivity index (χ3n) is 3.82. The van der Waals surface area contributed by atoms with E-state index in [1.165, 1.54) is 12.3 Å². The average molecular weight is 457 g/mol. The van der Waals surface area contributed by atoms with Crippen molar-refractivity contribution in [2.75, 3.05) is 13.2 Å². The predicted octanol–water partition coefficient (Wildman–Crippen LogP) is 4.56. The van der Waals surface area contributed by atoms with Gasteiger partial charge in [0, 0.05) is 35.6 Å². The number of nitrogens with one attached hydrogen (secondary N) is 2. The number of ether oxygens (including phenoxy) is 1. The van der Waals surface area contributed by atoms with E-state index in [0.717, 1.165) is 20.5 Å². The number of aryl methyl sites for hydroxylation is 1. The van der Waals surface area contributed by atoms with Crippen molar-refractivity contribution in [2.45, 2.75) is 26.1 Å². The van der Waals surface area contributed by atoms with E-state index in [2.05, 4.69) is 25.3 Å². The molecule has 0 radical (unpaired) electrons. The number of carbonyl (C=O) groups is 1. The molecule has 0 spiro atoms. The number of halogens is 3. The Hall–Kier alpha value is -2.66. The van der Waals surface area contributed by atoms with Crippen LogP contribution in [-0.2, 0) is 13.0 Å². The minimum Gasteiger partial charge on any atom is -0.468 e. The molecule has 3 aromatic rings. The smallest absolute Gasteiger partial charge is 0.422 e. The van der Waals surface area contributed by atoms with Gasteiger partial charge >= 0.3 is 12.2 Å². The Balaban J connectivity index is 1.36. The molecule has 3 aromatic heterocycles. The van der Waals surface area contributed by atoms with Crippen LogP contribution in [0, 0.1) is 6.92 Å². The van der Waals surface area contributed by atoms with Crippen LogP contribution in [0.2, 0.25) is 0 Å². The molecule has 0 aliphatic rings. The van der Waals surface area contributed by atoms with Crippen molar-refractivity contribution in [1.29, 1.82) is 0 Å². The highest BCUT2D eigenvalue weighted by atomic mass is 32.1. The quantitative estimate of drug-likeness (QED) is 0.521. The molecule has 11 heteroatoms. The molecule has 3 heterocycles. The average Bonchev–Trinajstić information content (AvgIpc) is 3.34. The third kappa shape index (κ3) is 6.99. The molecule has 30 heavy (non-hydrogen) atoms. The largest absolute Gasteiger partial charge is 0.468 e. The highest BCUT2D eigenvalue weighted by Gasteiger charge is 2.28. The fraction of sp³-hybridized carbons (Fsp3) is 0.316. The Morgan fingerprint density at radius 2 is 2.03 bits per heavy atom. The van der Waals surface area contributed by atoms with E-state index in [4.69, 9.17) is 0 Å². The molecule has 0 bridgehead atoms. The van der Waals surface area contributed by atoms with E-state index in [1.54, 1.807) is 28.7 Å². The lowest BCUT2D eigenvalue weighted by molar-refractivity contribution is -0.154. The van der Waals surface area contributed by atoms with Crippen LogP contribution in [0.4, 0.5) is 18.0 Å². The van der Waals surface area contributed by atoms with Crippen LogP contribution >= 0.6 is 22.7 Å². The number of thiophene rings is 1. The van der Waals surface area contributed by atoms with Gasteiger partial charge in [0.15, 0.2) is 6.61 Å². The van der Waals surface area contributed by atoms with Crippen molar-refractivity contribution < 1.29 is 22.7 Å². The molecular weight excluding hydrogens is 437 g/mol. The number of alkyl halides is 3. The van der Waals surface area contributed by atoms with Crippen molar-refractivity contribution in [1.82, 2.24) is 20.6 Å². The first-order valence-electron chi connectivity index (χ1n) is 8.96. The summed E-state index contributed by atoms with van der Waals surface area (Å²) in [4.78, 5) is 22.4. The number of amides is 2. The van der Waals surface area contributed by atoms with E-state index in [1.807, 2.05) is 24.4 Å². The van der Waals surface area contributed by atoms with Gasteiger partial charge in [0.1, 0.15) is 0 Å². The molecule has 6 nitrogen and oxygen atoms in total. The van der Waals surface area contributed by atoms with Crippen LogP contribution in [0.5, 0.6) is 5.88 Å². The molecule has 0 aliphatic heterocycles. The summed E-state index contributed by atoms with van der Waals surface area (Å²) in [5, 5.41) is 8.51. The number of nitrogens with zero attached hydrogens (tertiary/aromatic N) is 2. The fourth-order valence-electron chi connectivity index (χ4n) is 2.43. The van der Waals surface area contributed by atoms with E-state index < -0.39 is 12.8 Å².